The predicted octanol–water partition coefficient (Wildman–Crippen LogP) is 4.49. The number of aromatic nitrogens is 2. The van der Waals surface area contributed by atoms with Gasteiger partial charge in [-0.25, -0.2) is 4.68 Å². The highest BCUT2D eigenvalue weighted by Gasteiger charge is 2.33. The molecular formula is C21H17F3N4O2. The molecule has 4 rings (SSSR count). The lowest BCUT2D eigenvalue weighted by Gasteiger charge is -2.08. The third-order valence-corrected chi connectivity index (χ3v) is 4.63. The maximum absolute atomic E-state index is 12.7. The molecule has 6 nitrogen and oxygen atoms in total. The molecule has 0 radical (unpaired) electrons. The number of nitrogens with zero attached hydrogens (tertiary/aromatic N) is 2. The van der Waals surface area contributed by atoms with E-state index in [1.54, 1.807) is 24.3 Å². The van der Waals surface area contributed by atoms with Gasteiger partial charge in [0.1, 0.15) is 0 Å². The van der Waals surface area contributed by atoms with Gasteiger partial charge in [-0.15, -0.1) is 0 Å². The summed E-state index contributed by atoms with van der Waals surface area (Å²) in [4.78, 5) is 24.2. The molecule has 0 bridgehead atoms. The minimum atomic E-state index is -4.51. The van der Waals surface area contributed by atoms with Gasteiger partial charge in [0.2, 0.25) is 5.91 Å². The SMILES string of the molecule is O=C(Nc1ccc(NC(=O)C2CC2)cc1)c1ccc(-n2ccc(C(F)(F)F)n2)cc1. The lowest BCUT2D eigenvalue weighted by molar-refractivity contribution is -0.141. The number of nitrogens with one attached hydrogen (secondary N) is 2. The number of hydrogen-bond acceptors (Lipinski definition) is 3. The standard InChI is InChI=1S/C21H17F3N4O2/c22-21(23,24)18-11-12-28(27-18)17-9-3-14(4-10-17)20(30)26-16-7-5-15(6-8-16)25-19(29)13-1-2-13/h3-13H,1-2H2,(H,25,29)(H,26,30). The minimum absolute atomic E-state index is 0.00594. The lowest BCUT2D eigenvalue weighted by Crippen LogP contribution is -2.14. The van der Waals surface area contributed by atoms with Gasteiger partial charge >= 0.3 is 6.18 Å². The van der Waals surface area contributed by atoms with E-state index in [1.165, 1.54) is 30.5 Å². The van der Waals surface area contributed by atoms with E-state index in [4.69, 9.17) is 0 Å². The van der Waals surface area contributed by atoms with Crippen LogP contribution in [0.2, 0.25) is 0 Å². The first-order valence-electron chi connectivity index (χ1n) is 9.25. The third kappa shape index (κ3) is 4.51. The molecule has 0 atom stereocenters. The van der Waals surface area contributed by atoms with Crippen molar-refractivity contribution < 1.29 is 22.8 Å². The van der Waals surface area contributed by atoms with Crippen molar-refractivity contribution in [2.75, 3.05) is 10.6 Å². The quantitative estimate of drug-likeness (QED) is 0.646. The molecular weight excluding hydrogens is 397 g/mol. The van der Waals surface area contributed by atoms with Gasteiger partial charge in [-0.3, -0.25) is 9.59 Å². The van der Waals surface area contributed by atoms with Crippen LogP contribution in [-0.2, 0) is 11.0 Å². The van der Waals surface area contributed by atoms with Crippen molar-refractivity contribution in [1.29, 1.82) is 0 Å². The van der Waals surface area contributed by atoms with E-state index >= 15 is 0 Å². The maximum Gasteiger partial charge on any atom is 0.435 e. The van der Waals surface area contributed by atoms with Crippen molar-refractivity contribution in [3.05, 3.63) is 72.1 Å². The van der Waals surface area contributed by atoms with Crippen LogP contribution in [0.5, 0.6) is 0 Å². The summed E-state index contributed by atoms with van der Waals surface area (Å²) >= 11 is 0. The van der Waals surface area contributed by atoms with Crippen molar-refractivity contribution in [1.82, 2.24) is 9.78 Å². The van der Waals surface area contributed by atoms with Gasteiger partial charge in [0.25, 0.3) is 5.91 Å². The van der Waals surface area contributed by atoms with Crippen LogP contribution >= 0.6 is 0 Å². The second-order valence-corrected chi connectivity index (χ2v) is 6.99. The Labute approximate surface area is 169 Å². The maximum atomic E-state index is 12.7. The fraction of sp³-hybridized carbons (Fsp3) is 0.190. The van der Waals surface area contributed by atoms with Crippen LogP contribution in [0.1, 0.15) is 28.9 Å². The van der Waals surface area contributed by atoms with E-state index in [0.29, 0.717) is 22.6 Å². The van der Waals surface area contributed by atoms with Crippen LogP contribution in [-0.4, -0.2) is 21.6 Å². The van der Waals surface area contributed by atoms with Crippen molar-refractivity contribution in [2.24, 2.45) is 5.92 Å². The predicted molar refractivity (Wildman–Crippen MR) is 104 cm³/mol. The molecule has 1 aliphatic carbocycles. The summed E-state index contributed by atoms with van der Waals surface area (Å²) in [6, 6.07) is 13.7. The molecule has 1 aromatic heterocycles. The number of hydrogen-bond donors (Lipinski definition) is 2. The van der Waals surface area contributed by atoms with Crippen molar-refractivity contribution >= 4 is 23.2 Å². The first-order chi connectivity index (χ1) is 14.3. The zero-order valence-electron chi connectivity index (χ0n) is 15.6. The summed E-state index contributed by atoms with van der Waals surface area (Å²) in [5.41, 5.74) is 0.967. The van der Waals surface area contributed by atoms with Gasteiger partial charge in [0.15, 0.2) is 5.69 Å². The van der Waals surface area contributed by atoms with Gasteiger partial charge in [-0.05, 0) is 67.4 Å². The highest BCUT2D eigenvalue weighted by molar-refractivity contribution is 6.04. The summed E-state index contributed by atoms with van der Waals surface area (Å²) in [6.45, 7) is 0. The van der Waals surface area contributed by atoms with E-state index in [0.717, 1.165) is 23.6 Å². The smallest absolute Gasteiger partial charge is 0.326 e. The number of rotatable bonds is 5. The molecule has 1 heterocycles. The Morgan fingerprint density at radius 3 is 2.03 bits per heavy atom. The molecule has 1 fully saturated rings. The second kappa shape index (κ2) is 7.66. The van der Waals surface area contributed by atoms with E-state index < -0.39 is 11.9 Å². The normalized spacial score (nSPS) is 13.7. The number of carbonyl (C=O) groups is 2. The molecule has 9 heteroatoms. The molecule has 30 heavy (non-hydrogen) atoms. The van der Waals surface area contributed by atoms with Crippen LogP contribution < -0.4 is 10.6 Å². The molecule has 0 spiro atoms. The molecule has 2 aromatic carbocycles. The van der Waals surface area contributed by atoms with Crippen molar-refractivity contribution in [2.45, 2.75) is 19.0 Å². The fourth-order valence-electron chi connectivity index (χ4n) is 2.81. The average molecular weight is 414 g/mol. The Morgan fingerprint density at radius 2 is 1.50 bits per heavy atom. The summed E-state index contributed by atoms with van der Waals surface area (Å²) in [5, 5.41) is 9.05. The molecule has 154 valence electrons. The molecule has 0 aliphatic heterocycles. The lowest BCUT2D eigenvalue weighted by atomic mass is 10.2. The Hall–Kier alpha value is -3.62. The number of halogens is 3. The molecule has 0 saturated heterocycles. The topological polar surface area (TPSA) is 76.0 Å². The number of amides is 2. The molecule has 1 saturated carbocycles. The number of alkyl halides is 3. The van der Waals surface area contributed by atoms with E-state index in [-0.39, 0.29) is 17.7 Å². The monoisotopic (exact) mass is 414 g/mol. The Morgan fingerprint density at radius 1 is 0.900 bits per heavy atom. The van der Waals surface area contributed by atoms with Crippen LogP contribution in [0.15, 0.2) is 60.8 Å². The number of benzene rings is 2. The van der Waals surface area contributed by atoms with Crippen LogP contribution in [0.4, 0.5) is 24.5 Å². The highest BCUT2D eigenvalue weighted by atomic mass is 19.4. The minimum Gasteiger partial charge on any atom is -0.326 e. The Kier molecular flexibility index (Phi) is 5.03. The van der Waals surface area contributed by atoms with Crippen LogP contribution in [0.3, 0.4) is 0 Å². The van der Waals surface area contributed by atoms with Crippen molar-refractivity contribution in [3.63, 3.8) is 0 Å². The highest BCUT2D eigenvalue weighted by Crippen LogP contribution is 2.30. The summed E-state index contributed by atoms with van der Waals surface area (Å²) in [5.74, 6) is -0.256. The first kappa shape index (κ1) is 19.7. The van der Waals surface area contributed by atoms with Gasteiger partial charge in [0, 0.05) is 29.1 Å². The van der Waals surface area contributed by atoms with Gasteiger partial charge in [-0.1, -0.05) is 0 Å². The Balaban J connectivity index is 1.39. The summed E-state index contributed by atoms with van der Waals surface area (Å²) in [7, 11) is 0. The number of carbonyl (C=O) groups excluding carboxylic acids is 2. The Bertz CT molecular complexity index is 1070. The second-order valence-electron chi connectivity index (χ2n) is 6.99. The van der Waals surface area contributed by atoms with Gasteiger partial charge in [0.05, 0.1) is 5.69 Å². The molecule has 2 amide bonds. The van der Waals surface area contributed by atoms with E-state index in [9.17, 15) is 22.8 Å². The third-order valence-electron chi connectivity index (χ3n) is 4.63. The zero-order valence-corrected chi connectivity index (χ0v) is 15.6. The summed E-state index contributed by atoms with van der Waals surface area (Å²) < 4.78 is 39.1. The molecule has 1 aliphatic rings. The van der Waals surface area contributed by atoms with Crippen molar-refractivity contribution in [3.8, 4) is 5.69 Å². The van der Waals surface area contributed by atoms with E-state index in [2.05, 4.69) is 15.7 Å². The fourth-order valence-corrected chi connectivity index (χ4v) is 2.81. The zero-order chi connectivity index (χ0) is 21.3. The van der Waals surface area contributed by atoms with Gasteiger partial charge in [-0.2, -0.15) is 18.3 Å². The summed E-state index contributed by atoms with van der Waals surface area (Å²) in [6.07, 6.45) is -1.46. The molecule has 2 N–H and O–H groups in total. The largest absolute Gasteiger partial charge is 0.435 e. The van der Waals surface area contributed by atoms with E-state index in [1.807, 2.05) is 0 Å². The average Bonchev–Trinajstić information content (AvgIpc) is 3.45. The van der Waals surface area contributed by atoms with Gasteiger partial charge < -0.3 is 10.6 Å². The first-order valence-corrected chi connectivity index (χ1v) is 9.25. The molecule has 0 unspecified atom stereocenters. The van der Waals surface area contributed by atoms with Crippen LogP contribution in [0, 0.1) is 5.92 Å². The molecule has 3 aromatic rings. The number of anilines is 2. The van der Waals surface area contributed by atoms with Crippen LogP contribution in [0.25, 0.3) is 5.69 Å².